The van der Waals surface area contributed by atoms with Crippen molar-refractivity contribution in [1.29, 1.82) is 5.26 Å². The van der Waals surface area contributed by atoms with E-state index in [2.05, 4.69) is 27.1 Å². The fourth-order valence-corrected chi connectivity index (χ4v) is 6.71. The van der Waals surface area contributed by atoms with Gasteiger partial charge in [0.1, 0.15) is 6.17 Å². The minimum atomic E-state index is -3.31. The van der Waals surface area contributed by atoms with Gasteiger partial charge in [0.05, 0.1) is 28.1 Å². The van der Waals surface area contributed by atoms with Crippen LogP contribution >= 0.6 is 0 Å². The van der Waals surface area contributed by atoms with E-state index in [1.807, 2.05) is 0 Å². The van der Waals surface area contributed by atoms with Crippen molar-refractivity contribution in [2.45, 2.75) is 73.3 Å². The van der Waals surface area contributed by atoms with Crippen LogP contribution < -0.4 is 16.1 Å². The van der Waals surface area contributed by atoms with Gasteiger partial charge in [0.2, 0.25) is 5.91 Å². The number of rotatable bonds is 7. The molecule has 0 aromatic heterocycles. The number of hydrogen-bond acceptors (Lipinski definition) is 7. The van der Waals surface area contributed by atoms with Gasteiger partial charge >= 0.3 is 0 Å². The first-order valence-electron chi connectivity index (χ1n) is 11.1. The lowest BCUT2D eigenvalue weighted by Crippen LogP contribution is -2.52. The van der Waals surface area contributed by atoms with E-state index in [9.17, 15) is 18.5 Å². The second kappa shape index (κ2) is 7.47. The largest absolute Gasteiger partial charge is 0.368 e. The number of hydrogen-bond donors (Lipinski definition) is 3. The molecule has 2 saturated carbocycles. The molecule has 3 unspecified atom stereocenters. The molecule has 166 valence electrons. The summed E-state index contributed by atoms with van der Waals surface area (Å²) < 4.78 is 24.8. The number of nitriles is 1. The van der Waals surface area contributed by atoms with E-state index in [0.717, 1.165) is 24.9 Å². The van der Waals surface area contributed by atoms with E-state index in [0.29, 0.717) is 36.6 Å². The third kappa shape index (κ3) is 3.60. The number of fused-ring (bicyclic) bond motifs is 1. The van der Waals surface area contributed by atoms with Gasteiger partial charge in [0.15, 0.2) is 9.84 Å². The zero-order valence-electron chi connectivity index (χ0n) is 17.7. The Hall–Kier alpha value is -2.15. The molecule has 2 aliphatic heterocycles. The van der Waals surface area contributed by atoms with Crippen molar-refractivity contribution < 1.29 is 13.2 Å². The van der Waals surface area contributed by atoms with Crippen LogP contribution in [0.5, 0.6) is 0 Å². The number of hydrazine groups is 1. The van der Waals surface area contributed by atoms with Crippen LogP contribution in [0.15, 0.2) is 29.2 Å². The second-order valence-electron chi connectivity index (χ2n) is 9.58. The van der Waals surface area contributed by atoms with Crippen molar-refractivity contribution in [3.8, 4) is 6.07 Å². The Balaban J connectivity index is 1.35. The number of sulfone groups is 1. The molecular formula is C22H29N5O3S. The highest BCUT2D eigenvalue weighted by molar-refractivity contribution is 7.93. The molecule has 1 aromatic carbocycles. The van der Waals surface area contributed by atoms with Crippen LogP contribution in [0.4, 0.5) is 5.69 Å². The van der Waals surface area contributed by atoms with Crippen LogP contribution in [0.3, 0.4) is 0 Å². The Morgan fingerprint density at radius 3 is 2.58 bits per heavy atom. The average Bonchev–Trinajstić information content (AvgIpc) is 3.67. The molecule has 2 saturated heterocycles. The van der Waals surface area contributed by atoms with Crippen LogP contribution in [-0.2, 0) is 14.6 Å². The van der Waals surface area contributed by atoms with Gasteiger partial charge in [-0.2, -0.15) is 5.26 Å². The Morgan fingerprint density at radius 2 is 1.97 bits per heavy atom. The number of anilines is 1. The molecule has 5 rings (SSSR count). The minimum Gasteiger partial charge on any atom is -0.368 e. The first-order chi connectivity index (χ1) is 14.8. The number of benzene rings is 1. The van der Waals surface area contributed by atoms with Gasteiger partial charge in [-0.05, 0) is 69.2 Å². The van der Waals surface area contributed by atoms with Crippen molar-refractivity contribution in [1.82, 2.24) is 15.8 Å². The molecular weight excluding hydrogens is 414 g/mol. The van der Waals surface area contributed by atoms with Crippen molar-refractivity contribution in [3.05, 3.63) is 24.3 Å². The van der Waals surface area contributed by atoms with Gasteiger partial charge in [-0.25, -0.2) is 18.9 Å². The molecule has 2 aliphatic carbocycles. The molecule has 4 atom stereocenters. The quantitative estimate of drug-likeness (QED) is 0.588. The molecule has 31 heavy (non-hydrogen) atoms. The molecule has 4 fully saturated rings. The van der Waals surface area contributed by atoms with Gasteiger partial charge in [-0.3, -0.25) is 4.79 Å². The molecule has 0 spiro atoms. The van der Waals surface area contributed by atoms with Crippen molar-refractivity contribution in [2.24, 2.45) is 11.8 Å². The average molecular weight is 444 g/mol. The van der Waals surface area contributed by atoms with Crippen LogP contribution in [-0.4, -0.2) is 48.9 Å². The SMILES string of the molecule is CC1(S(=O)(=O)c2ccc(NC3NN([C@@H](CC#N)C4CC4)C4CCNC(=O)C34)cc2)CC1. The van der Waals surface area contributed by atoms with Crippen molar-refractivity contribution in [2.75, 3.05) is 11.9 Å². The van der Waals surface area contributed by atoms with Crippen LogP contribution in [0.25, 0.3) is 0 Å². The van der Waals surface area contributed by atoms with Crippen LogP contribution in [0.1, 0.15) is 45.4 Å². The van der Waals surface area contributed by atoms with Crippen molar-refractivity contribution >= 4 is 21.4 Å². The standard InChI is InChI=1S/C22H29N5O3S/c1-22(10-11-22)31(29,30)16-6-4-15(5-7-16)25-20-19-18(9-13-24-21(19)28)27(26-20)17(8-12-23)14-2-3-14/h4-7,14,17-20,25-26H,2-3,8-11,13H2,1H3,(H,24,28)/t17-,18?,19?,20?/m0/s1. The van der Waals surface area contributed by atoms with Crippen LogP contribution in [0.2, 0.25) is 0 Å². The first-order valence-corrected chi connectivity index (χ1v) is 12.6. The summed E-state index contributed by atoms with van der Waals surface area (Å²) in [6.07, 6.45) is 4.64. The first kappa shape index (κ1) is 20.7. The summed E-state index contributed by atoms with van der Waals surface area (Å²) in [4.78, 5) is 13.1. The van der Waals surface area contributed by atoms with E-state index in [1.165, 1.54) is 0 Å². The number of nitrogens with zero attached hydrogens (tertiary/aromatic N) is 2. The highest BCUT2D eigenvalue weighted by atomic mass is 32.2. The van der Waals surface area contributed by atoms with E-state index in [4.69, 9.17) is 0 Å². The lowest BCUT2D eigenvalue weighted by Gasteiger charge is -2.34. The predicted molar refractivity (Wildman–Crippen MR) is 115 cm³/mol. The summed E-state index contributed by atoms with van der Waals surface area (Å²) >= 11 is 0. The fraction of sp³-hybridized carbons (Fsp3) is 0.636. The van der Waals surface area contributed by atoms with Gasteiger partial charge < -0.3 is 10.6 Å². The van der Waals surface area contributed by atoms with Gasteiger partial charge in [0.25, 0.3) is 0 Å². The topological polar surface area (TPSA) is 114 Å². The Labute approximate surface area is 183 Å². The second-order valence-corrected chi connectivity index (χ2v) is 12.0. The normalized spacial score (nSPS) is 30.7. The van der Waals surface area contributed by atoms with Crippen molar-refractivity contribution in [3.63, 3.8) is 0 Å². The van der Waals surface area contributed by atoms with E-state index in [-0.39, 0.29) is 30.1 Å². The molecule has 1 aromatic rings. The number of carbonyl (C=O) groups is 1. The highest BCUT2D eigenvalue weighted by Gasteiger charge is 2.52. The molecule has 2 heterocycles. The summed E-state index contributed by atoms with van der Waals surface area (Å²) in [5.74, 6) is 0.239. The maximum atomic E-state index is 12.7. The summed E-state index contributed by atoms with van der Waals surface area (Å²) in [6.45, 7) is 2.44. The summed E-state index contributed by atoms with van der Waals surface area (Å²) in [5.41, 5.74) is 4.25. The Morgan fingerprint density at radius 1 is 1.26 bits per heavy atom. The number of nitrogens with one attached hydrogen (secondary N) is 3. The van der Waals surface area contributed by atoms with E-state index < -0.39 is 14.6 Å². The molecule has 9 heteroatoms. The van der Waals surface area contributed by atoms with Gasteiger partial charge in [0, 0.05) is 24.3 Å². The Kier molecular flexibility index (Phi) is 5.00. The summed E-state index contributed by atoms with van der Waals surface area (Å²) in [6, 6.07) is 9.31. The maximum Gasteiger partial charge on any atom is 0.228 e. The van der Waals surface area contributed by atoms with Crippen LogP contribution in [0, 0.1) is 23.2 Å². The molecule has 4 aliphatic rings. The summed E-state index contributed by atoms with van der Waals surface area (Å²) in [7, 11) is -3.31. The maximum absolute atomic E-state index is 12.7. The van der Waals surface area contributed by atoms with E-state index >= 15 is 0 Å². The fourth-order valence-electron chi connectivity index (χ4n) is 5.01. The smallest absolute Gasteiger partial charge is 0.228 e. The molecule has 8 nitrogen and oxygen atoms in total. The van der Waals surface area contributed by atoms with E-state index in [1.54, 1.807) is 31.2 Å². The third-order valence-electron chi connectivity index (χ3n) is 7.37. The lowest BCUT2D eigenvalue weighted by atomic mass is 9.90. The zero-order valence-corrected chi connectivity index (χ0v) is 18.5. The molecule has 1 amide bonds. The predicted octanol–water partition coefficient (Wildman–Crippen LogP) is 1.77. The highest BCUT2D eigenvalue weighted by Crippen LogP contribution is 2.46. The molecule has 0 radical (unpaired) electrons. The van der Waals surface area contributed by atoms with Gasteiger partial charge in [-0.15, -0.1) is 0 Å². The van der Waals surface area contributed by atoms with Gasteiger partial charge in [-0.1, -0.05) is 0 Å². The number of piperidine rings is 1. The monoisotopic (exact) mass is 443 g/mol. The Bertz CT molecular complexity index is 1010. The third-order valence-corrected chi connectivity index (χ3v) is 9.97. The molecule has 0 bridgehead atoms. The minimum absolute atomic E-state index is 0.0103. The lowest BCUT2D eigenvalue weighted by molar-refractivity contribution is -0.128. The number of carbonyl (C=O) groups excluding carboxylic acids is 1. The molecule has 3 N–H and O–H groups in total. The zero-order chi connectivity index (χ0) is 21.8. The summed E-state index contributed by atoms with van der Waals surface area (Å²) in [5, 5.41) is 17.9. The number of amides is 1.